The van der Waals surface area contributed by atoms with E-state index in [1.54, 1.807) is 30.3 Å². The molecule has 0 radical (unpaired) electrons. The predicted octanol–water partition coefficient (Wildman–Crippen LogP) is 1.74. The molecule has 0 aliphatic heterocycles. The first kappa shape index (κ1) is 13.9. The maximum absolute atomic E-state index is 13.0. The lowest BCUT2D eigenvalue weighted by molar-refractivity contribution is 0.306. The Morgan fingerprint density at radius 1 is 1.11 bits per heavy atom. The molecule has 0 atom stereocenters. The van der Waals surface area contributed by atoms with Gasteiger partial charge in [-0.3, -0.25) is 0 Å². The van der Waals surface area contributed by atoms with Gasteiger partial charge in [-0.15, -0.1) is 0 Å². The van der Waals surface area contributed by atoms with Crippen LogP contribution in [0.1, 0.15) is 5.56 Å². The molecule has 2 aromatic carbocycles. The van der Waals surface area contributed by atoms with Crippen LogP contribution < -0.4 is 10.2 Å². The van der Waals surface area contributed by atoms with Crippen LogP contribution in [0.4, 0.5) is 4.39 Å². The third-order valence-electron chi connectivity index (χ3n) is 2.57. The Balaban J connectivity index is 2.00. The van der Waals surface area contributed by atoms with Crippen LogP contribution in [0, 0.1) is 5.82 Å². The highest BCUT2D eigenvalue weighted by Crippen LogP contribution is 2.17. The SMILES string of the molecule is OB(O)c1ccc(OCc2ccc(F)c(Cl)c2)cc1. The van der Waals surface area contributed by atoms with Gasteiger partial charge in [-0.25, -0.2) is 4.39 Å². The molecule has 0 aliphatic carbocycles. The Morgan fingerprint density at radius 3 is 2.37 bits per heavy atom. The van der Waals surface area contributed by atoms with Gasteiger partial charge in [0, 0.05) is 0 Å². The van der Waals surface area contributed by atoms with Crippen molar-refractivity contribution in [3.63, 3.8) is 0 Å². The first-order valence-corrected chi connectivity index (χ1v) is 5.97. The van der Waals surface area contributed by atoms with E-state index in [9.17, 15) is 4.39 Å². The van der Waals surface area contributed by atoms with Gasteiger partial charge in [-0.05, 0) is 35.3 Å². The van der Waals surface area contributed by atoms with Crippen molar-refractivity contribution in [2.24, 2.45) is 0 Å². The second-order valence-corrected chi connectivity index (χ2v) is 4.39. The zero-order valence-electron chi connectivity index (χ0n) is 9.88. The molecule has 2 rings (SSSR count). The van der Waals surface area contributed by atoms with Crippen LogP contribution in [-0.4, -0.2) is 17.2 Å². The molecule has 0 fully saturated rings. The van der Waals surface area contributed by atoms with E-state index in [1.807, 2.05) is 0 Å². The van der Waals surface area contributed by atoms with E-state index in [2.05, 4.69) is 0 Å². The van der Waals surface area contributed by atoms with E-state index < -0.39 is 12.9 Å². The van der Waals surface area contributed by atoms with E-state index in [0.717, 1.165) is 5.56 Å². The minimum Gasteiger partial charge on any atom is -0.489 e. The van der Waals surface area contributed by atoms with Crippen molar-refractivity contribution in [1.29, 1.82) is 0 Å². The van der Waals surface area contributed by atoms with E-state index in [-0.39, 0.29) is 11.6 Å². The van der Waals surface area contributed by atoms with Crippen LogP contribution in [0.5, 0.6) is 5.75 Å². The van der Waals surface area contributed by atoms with Gasteiger partial charge >= 0.3 is 7.12 Å². The van der Waals surface area contributed by atoms with E-state index in [4.69, 9.17) is 26.4 Å². The summed E-state index contributed by atoms with van der Waals surface area (Å²) in [7, 11) is -1.50. The summed E-state index contributed by atoms with van der Waals surface area (Å²) in [5.74, 6) is 0.108. The summed E-state index contributed by atoms with van der Waals surface area (Å²) in [6.07, 6.45) is 0. The van der Waals surface area contributed by atoms with Crippen molar-refractivity contribution in [3.05, 3.63) is 58.9 Å². The first-order valence-electron chi connectivity index (χ1n) is 5.59. The molecule has 0 amide bonds. The molecule has 0 bridgehead atoms. The first-order chi connectivity index (χ1) is 9.06. The normalized spacial score (nSPS) is 10.3. The molecule has 98 valence electrons. The minimum atomic E-state index is -1.50. The molecule has 6 heteroatoms. The smallest absolute Gasteiger partial charge is 0.488 e. The van der Waals surface area contributed by atoms with Gasteiger partial charge in [-0.2, -0.15) is 0 Å². The quantitative estimate of drug-likeness (QED) is 0.839. The van der Waals surface area contributed by atoms with Gasteiger partial charge in [0.25, 0.3) is 0 Å². The molecule has 0 aromatic heterocycles. The molecule has 3 nitrogen and oxygen atoms in total. The molecule has 0 saturated carbocycles. The number of hydrogen-bond acceptors (Lipinski definition) is 3. The molecule has 0 heterocycles. The van der Waals surface area contributed by atoms with Crippen LogP contribution in [0.15, 0.2) is 42.5 Å². The Morgan fingerprint density at radius 2 is 1.79 bits per heavy atom. The number of ether oxygens (including phenoxy) is 1. The van der Waals surface area contributed by atoms with Gasteiger partial charge in [-0.1, -0.05) is 29.8 Å². The third kappa shape index (κ3) is 3.70. The van der Waals surface area contributed by atoms with Crippen LogP contribution in [0.2, 0.25) is 5.02 Å². The van der Waals surface area contributed by atoms with Crippen molar-refractivity contribution >= 4 is 24.2 Å². The van der Waals surface area contributed by atoms with Crippen LogP contribution in [0.25, 0.3) is 0 Å². The molecule has 2 aromatic rings. The summed E-state index contributed by atoms with van der Waals surface area (Å²) in [6.45, 7) is 0.251. The van der Waals surface area contributed by atoms with E-state index in [0.29, 0.717) is 11.2 Å². The highest BCUT2D eigenvalue weighted by molar-refractivity contribution is 6.58. The molecule has 19 heavy (non-hydrogen) atoms. The summed E-state index contributed by atoms with van der Waals surface area (Å²) in [4.78, 5) is 0. The van der Waals surface area contributed by atoms with Crippen LogP contribution >= 0.6 is 11.6 Å². The largest absolute Gasteiger partial charge is 0.489 e. The van der Waals surface area contributed by atoms with Crippen molar-refractivity contribution in [1.82, 2.24) is 0 Å². The lowest BCUT2D eigenvalue weighted by Gasteiger charge is -2.07. The van der Waals surface area contributed by atoms with Gasteiger partial charge in [0.2, 0.25) is 0 Å². The summed E-state index contributed by atoms with van der Waals surface area (Å²) in [5.41, 5.74) is 1.13. The zero-order chi connectivity index (χ0) is 13.8. The fraction of sp³-hybridized carbons (Fsp3) is 0.0769. The second-order valence-electron chi connectivity index (χ2n) is 3.98. The second kappa shape index (κ2) is 6.06. The average Bonchev–Trinajstić information content (AvgIpc) is 2.40. The summed E-state index contributed by atoms with van der Waals surface area (Å²) >= 11 is 5.67. The fourth-order valence-corrected chi connectivity index (χ4v) is 1.74. The Labute approximate surface area is 115 Å². The van der Waals surface area contributed by atoms with Gasteiger partial charge in [0.15, 0.2) is 0 Å². The topological polar surface area (TPSA) is 49.7 Å². The van der Waals surface area contributed by atoms with Crippen LogP contribution in [0.3, 0.4) is 0 Å². The minimum absolute atomic E-state index is 0.0554. The van der Waals surface area contributed by atoms with Crippen molar-refractivity contribution in [3.8, 4) is 5.75 Å². The lowest BCUT2D eigenvalue weighted by atomic mass is 9.80. The summed E-state index contributed by atoms with van der Waals surface area (Å²) in [5, 5.41) is 17.9. The number of halogens is 2. The highest BCUT2D eigenvalue weighted by atomic mass is 35.5. The monoisotopic (exact) mass is 280 g/mol. The molecule has 0 aliphatic rings. The van der Waals surface area contributed by atoms with Gasteiger partial charge < -0.3 is 14.8 Å². The van der Waals surface area contributed by atoms with Crippen LogP contribution in [-0.2, 0) is 6.61 Å². The maximum atomic E-state index is 13.0. The summed E-state index contributed by atoms with van der Waals surface area (Å²) in [6, 6.07) is 10.7. The van der Waals surface area contributed by atoms with Gasteiger partial charge in [0.05, 0.1) is 5.02 Å². The Kier molecular flexibility index (Phi) is 4.42. The Hall–Kier alpha value is -1.56. The van der Waals surface area contributed by atoms with Crippen molar-refractivity contribution in [2.75, 3.05) is 0 Å². The van der Waals surface area contributed by atoms with E-state index >= 15 is 0 Å². The van der Waals surface area contributed by atoms with Crippen molar-refractivity contribution < 1.29 is 19.2 Å². The number of benzene rings is 2. The average molecular weight is 280 g/mol. The number of rotatable bonds is 4. The van der Waals surface area contributed by atoms with Crippen molar-refractivity contribution in [2.45, 2.75) is 6.61 Å². The Bertz CT molecular complexity index is 560. The summed E-state index contributed by atoms with van der Waals surface area (Å²) < 4.78 is 18.4. The fourth-order valence-electron chi connectivity index (χ4n) is 1.53. The molecule has 2 N–H and O–H groups in total. The van der Waals surface area contributed by atoms with Gasteiger partial charge in [0.1, 0.15) is 18.2 Å². The van der Waals surface area contributed by atoms with E-state index in [1.165, 1.54) is 12.1 Å². The molecule has 0 saturated heterocycles. The third-order valence-corrected chi connectivity index (χ3v) is 2.86. The molecule has 0 spiro atoms. The predicted molar refractivity (Wildman–Crippen MR) is 72.0 cm³/mol. The lowest BCUT2D eigenvalue weighted by Crippen LogP contribution is -2.29. The maximum Gasteiger partial charge on any atom is 0.488 e. The molecular weight excluding hydrogens is 269 g/mol. The number of hydrogen-bond donors (Lipinski definition) is 2. The molecule has 0 unspecified atom stereocenters. The zero-order valence-corrected chi connectivity index (χ0v) is 10.6. The standard InChI is InChI=1S/C13H11BClFO3/c15-12-7-9(1-6-13(12)16)8-19-11-4-2-10(3-5-11)14(17)18/h1-7,17-18H,8H2. The highest BCUT2D eigenvalue weighted by Gasteiger charge is 2.10. The molecular formula is C13H11BClFO3.